The van der Waals surface area contributed by atoms with Gasteiger partial charge in [-0.15, -0.1) is 0 Å². The molecular formula is C25H26N4O3. The van der Waals surface area contributed by atoms with E-state index in [-0.39, 0.29) is 18.0 Å². The molecule has 4 rings (SSSR count). The van der Waals surface area contributed by atoms with Crippen LogP contribution in [0.5, 0.6) is 0 Å². The summed E-state index contributed by atoms with van der Waals surface area (Å²) in [4.78, 5) is 38.5. The van der Waals surface area contributed by atoms with E-state index < -0.39 is 5.69 Å². The first-order chi connectivity index (χ1) is 15.5. The molecule has 0 aliphatic carbocycles. The maximum Gasteiger partial charge on any atom is 0.331 e. The third-order valence-electron chi connectivity index (χ3n) is 5.64. The van der Waals surface area contributed by atoms with Crippen molar-refractivity contribution in [3.8, 4) is 11.1 Å². The van der Waals surface area contributed by atoms with Gasteiger partial charge in [-0.3, -0.25) is 18.7 Å². The Balaban J connectivity index is 1.62. The van der Waals surface area contributed by atoms with Gasteiger partial charge in [0, 0.05) is 32.4 Å². The average Bonchev–Trinajstić information content (AvgIpc) is 3.16. The van der Waals surface area contributed by atoms with Crippen molar-refractivity contribution in [2.75, 3.05) is 6.54 Å². The predicted octanol–water partition coefficient (Wildman–Crippen LogP) is 2.45. The number of aryl methyl sites for hydroxylation is 2. The molecule has 0 aliphatic rings. The molecule has 0 saturated carbocycles. The SMILES string of the molecule is Cn1c(=O)c2c(c(-c3ccccc3)cn2C)n(CC(=O)NCCCc2ccccc2)c1=O. The molecule has 2 aromatic carbocycles. The third-order valence-corrected chi connectivity index (χ3v) is 5.64. The summed E-state index contributed by atoms with van der Waals surface area (Å²) in [5.74, 6) is -0.261. The number of nitrogens with one attached hydrogen (secondary N) is 1. The lowest BCUT2D eigenvalue weighted by Gasteiger charge is -2.12. The quantitative estimate of drug-likeness (QED) is 0.458. The van der Waals surface area contributed by atoms with Crippen molar-refractivity contribution >= 4 is 16.9 Å². The van der Waals surface area contributed by atoms with Crippen molar-refractivity contribution in [3.63, 3.8) is 0 Å². The fraction of sp³-hybridized carbons (Fsp3) is 0.240. The molecular weight excluding hydrogens is 404 g/mol. The van der Waals surface area contributed by atoms with Crippen molar-refractivity contribution in [1.82, 2.24) is 19.0 Å². The van der Waals surface area contributed by atoms with Gasteiger partial charge in [-0.1, -0.05) is 60.7 Å². The first-order valence-electron chi connectivity index (χ1n) is 10.6. The van der Waals surface area contributed by atoms with Crippen LogP contribution in [0.3, 0.4) is 0 Å². The van der Waals surface area contributed by atoms with Gasteiger partial charge < -0.3 is 9.88 Å². The summed E-state index contributed by atoms with van der Waals surface area (Å²) < 4.78 is 4.17. The number of hydrogen-bond donors (Lipinski definition) is 1. The predicted molar refractivity (Wildman–Crippen MR) is 126 cm³/mol. The second-order valence-electron chi connectivity index (χ2n) is 7.89. The van der Waals surface area contributed by atoms with E-state index in [4.69, 9.17) is 0 Å². The van der Waals surface area contributed by atoms with E-state index >= 15 is 0 Å². The number of amides is 1. The van der Waals surface area contributed by atoms with Crippen molar-refractivity contribution in [2.45, 2.75) is 19.4 Å². The lowest BCUT2D eigenvalue weighted by molar-refractivity contribution is -0.121. The van der Waals surface area contributed by atoms with Crippen LogP contribution in [-0.4, -0.2) is 26.2 Å². The van der Waals surface area contributed by atoms with Gasteiger partial charge in [0.05, 0.1) is 5.52 Å². The Kier molecular flexibility index (Phi) is 6.07. The normalized spacial score (nSPS) is 11.1. The highest BCUT2D eigenvalue weighted by Gasteiger charge is 2.20. The van der Waals surface area contributed by atoms with Gasteiger partial charge in [-0.25, -0.2) is 4.79 Å². The first-order valence-corrected chi connectivity index (χ1v) is 10.6. The number of rotatable bonds is 7. The van der Waals surface area contributed by atoms with Crippen LogP contribution in [0.4, 0.5) is 0 Å². The second kappa shape index (κ2) is 9.09. The summed E-state index contributed by atoms with van der Waals surface area (Å²) in [5.41, 5.74) is 2.82. The monoisotopic (exact) mass is 430 g/mol. The summed E-state index contributed by atoms with van der Waals surface area (Å²) in [6, 6.07) is 19.6. The molecule has 0 aliphatic heterocycles. The number of nitrogens with zero attached hydrogens (tertiary/aromatic N) is 3. The minimum atomic E-state index is -0.509. The Labute approximate surface area is 185 Å². The molecule has 0 atom stereocenters. The van der Waals surface area contributed by atoms with E-state index in [1.807, 2.05) is 54.7 Å². The topological polar surface area (TPSA) is 78.0 Å². The summed E-state index contributed by atoms with van der Waals surface area (Å²) in [6.07, 6.45) is 3.49. The Morgan fingerprint density at radius 3 is 2.25 bits per heavy atom. The zero-order valence-corrected chi connectivity index (χ0v) is 18.2. The summed E-state index contributed by atoms with van der Waals surface area (Å²) >= 11 is 0. The Hall–Kier alpha value is -3.87. The molecule has 4 aromatic rings. The van der Waals surface area contributed by atoms with E-state index in [0.29, 0.717) is 17.6 Å². The number of carbonyl (C=O) groups excluding carboxylic acids is 1. The fourth-order valence-corrected chi connectivity index (χ4v) is 4.00. The standard InChI is InChI=1S/C25H26N4O3/c1-27-16-20(19-13-7-4-8-14-19)22-23(27)24(31)28(2)25(32)29(22)17-21(30)26-15-9-12-18-10-5-3-6-11-18/h3-8,10-11,13-14,16H,9,12,15,17H2,1-2H3,(H,26,30). The van der Waals surface area contributed by atoms with Crippen LogP contribution in [0.1, 0.15) is 12.0 Å². The average molecular weight is 431 g/mol. The van der Waals surface area contributed by atoms with Crippen molar-refractivity contribution in [3.05, 3.63) is 93.3 Å². The van der Waals surface area contributed by atoms with E-state index in [2.05, 4.69) is 17.4 Å². The zero-order valence-electron chi connectivity index (χ0n) is 18.2. The fourth-order valence-electron chi connectivity index (χ4n) is 4.00. The van der Waals surface area contributed by atoms with E-state index in [0.717, 1.165) is 28.5 Å². The van der Waals surface area contributed by atoms with E-state index in [1.54, 1.807) is 11.6 Å². The van der Waals surface area contributed by atoms with Gasteiger partial charge >= 0.3 is 5.69 Å². The number of aromatic nitrogens is 3. The molecule has 7 nitrogen and oxygen atoms in total. The van der Waals surface area contributed by atoms with Gasteiger partial charge in [0.25, 0.3) is 5.56 Å². The summed E-state index contributed by atoms with van der Waals surface area (Å²) in [5, 5.41) is 2.90. The molecule has 1 amide bonds. The highest BCUT2D eigenvalue weighted by Crippen LogP contribution is 2.27. The molecule has 2 heterocycles. The zero-order chi connectivity index (χ0) is 22.7. The van der Waals surface area contributed by atoms with E-state index in [9.17, 15) is 14.4 Å². The summed E-state index contributed by atoms with van der Waals surface area (Å²) in [7, 11) is 3.21. The third kappa shape index (κ3) is 4.14. The maximum absolute atomic E-state index is 13.0. The van der Waals surface area contributed by atoms with Gasteiger partial charge in [0.15, 0.2) is 0 Å². The van der Waals surface area contributed by atoms with Gasteiger partial charge in [0.2, 0.25) is 5.91 Å². The molecule has 32 heavy (non-hydrogen) atoms. The van der Waals surface area contributed by atoms with Crippen LogP contribution in [0, 0.1) is 0 Å². The maximum atomic E-state index is 13.0. The molecule has 0 radical (unpaired) electrons. The van der Waals surface area contributed by atoms with Crippen molar-refractivity contribution in [1.29, 1.82) is 0 Å². The number of carbonyl (C=O) groups is 1. The number of benzene rings is 2. The van der Waals surface area contributed by atoms with Crippen molar-refractivity contribution < 1.29 is 4.79 Å². The van der Waals surface area contributed by atoms with Crippen LogP contribution >= 0.6 is 0 Å². The Morgan fingerprint density at radius 2 is 1.56 bits per heavy atom. The molecule has 1 N–H and O–H groups in total. The number of hydrogen-bond acceptors (Lipinski definition) is 3. The van der Waals surface area contributed by atoms with Gasteiger partial charge in [-0.2, -0.15) is 0 Å². The molecule has 2 aromatic heterocycles. The minimum Gasteiger partial charge on any atom is -0.355 e. The van der Waals surface area contributed by atoms with Crippen LogP contribution in [-0.2, 0) is 31.9 Å². The van der Waals surface area contributed by atoms with Gasteiger partial charge in [0.1, 0.15) is 12.1 Å². The molecule has 7 heteroatoms. The van der Waals surface area contributed by atoms with Crippen molar-refractivity contribution in [2.24, 2.45) is 14.1 Å². The molecule has 164 valence electrons. The van der Waals surface area contributed by atoms with Crippen LogP contribution in [0.15, 0.2) is 76.4 Å². The van der Waals surface area contributed by atoms with Crippen LogP contribution in [0.25, 0.3) is 22.2 Å². The molecule has 0 spiro atoms. The summed E-state index contributed by atoms with van der Waals surface area (Å²) in [6.45, 7) is 0.357. The van der Waals surface area contributed by atoms with Crippen LogP contribution in [0.2, 0.25) is 0 Å². The van der Waals surface area contributed by atoms with Crippen LogP contribution < -0.4 is 16.6 Å². The molecule has 0 fully saturated rings. The lowest BCUT2D eigenvalue weighted by atomic mass is 10.1. The van der Waals surface area contributed by atoms with E-state index in [1.165, 1.54) is 17.2 Å². The minimum absolute atomic E-state index is 0.154. The highest BCUT2D eigenvalue weighted by molar-refractivity contribution is 5.93. The molecule has 0 saturated heterocycles. The second-order valence-corrected chi connectivity index (χ2v) is 7.89. The highest BCUT2D eigenvalue weighted by atomic mass is 16.2. The number of fused-ring (bicyclic) bond motifs is 1. The Bertz CT molecular complexity index is 1370. The largest absolute Gasteiger partial charge is 0.355 e. The lowest BCUT2D eigenvalue weighted by Crippen LogP contribution is -2.41. The first kappa shape index (κ1) is 21.4. The van der Waals surface area contributed by atoms with Gasteiger partial charge in [-0.05, 0) is 24.0 Å². The molecule has 0 bridgehead atoms. The smallest absolute Gasteiger partial charge is 0.331 e. The molecule has 0 unspecified atom stereocenters. The Morgan fingerprint density at radius 1 is 0.906 bits per heavy atom.